The first-order valence-electron chi connectivity index (χ1n) is 7.89. The Hall–Kier alpha value is -0.160. The van der Waals surface area contributed by atoms with Gasteiger partial charge in [-0.2, -0.15) is 0 Å². The standard InChI is InChI=1S/C10H22O4.C6H12/c1-9(2,3)5-4-8(6-11)10(13,14)7-12;1-2-4-6-5-3-1/h8,11-14H,4-7H2,1-3H3;1-6H2. The quantitative estimate of drug-likeness (QED) is 0.586. The fourth-order valence-corrected chi connectivity index (χ4v) is 2.27. The average Bonchev–Trinajstić information content (AvgIpc) is 2.40. The molecule has 0 spiro atoms. The van der Waals surface area contributed by atoms with Crippen LogP contribution in [0.1, 0.15) is 72.1 Å². The van der Waals surface area contributed by atoms with Gasteiger partial charge >= 0.3 is 0 Å². The highest BCUT2D eigenvalue weighted by molar-refractivity contribution is 4.76. The van der Waals surface area contributed by atoms with Gasteiger partial charge in [0.15, 0.2) is 5.79 Å². The van der Waals surface area contributed by atoms with Crippen LogP contribution in [0.2, 0.25) is 0 Å². The van der Waals surface area contributed by atoms with Crippen molar-refractivity contribution in [1.82, 2.24) is 0 Å². The molecule has 1 atom stereocenters. The van der Waals surface area contributed by atoms with Crippen LogP contribution in [0.25, 0.3) is 0 Å². The van der Waals surface area contributed by atoms with E-state index in [-0.39, 0.29) is 12.0 Å². The predicted octanol–water partition coefficient (Wildman–Crippen LogP) is 2.44. The second kappa shape index (κ2) is 9.72. The molecule has 4 nitrogen and oxygen atoms in total. The molecule has 0 radical (unpaired) electrons. The number of aliphatic hydroxyl groups excluding tert-OH is 2. The molecule has 0 aromatic rings. The third kappa shape index (κ3) is 9.70. The molecule has 4 heteroatoms. The summed E-state index contributed by atoms with van der Waals surface area (Å²) >= 11 is 0. The normalized spacial score (nSPS) is 18.1. The second-order valence-electron chi connectivity index (χ2n) is 7.14. The van der Waals surface area contributed by atoms with Crippen LogP contribution in [0.15, 0.2) is 0 Å². The molecule has 1 aliphatic rings. The highest BCUT2D eigenvalue weighted by Gasteiger charge is 2.33. The largest absolute Gasteiger partial charge is 0.396 e. The van der Waals surface area contributed by atoms with Gasteiger partial charge in [0.2, 0.25) is 0 Å². The van der Waals surface area contributed by atoms with Crippen molar-refractivity contribution in [2.75, 3.05) is 13.2 Å². The fourth-order valence-electron chi connectivity index (χ4n) is 2.27. The molecule has 0 aliphatic heterocycles. The fraction of sp³-hybridized carbons (Fsp3) is 1.00. The van der Waals surface area contributed by atoms with Crippen molar-refractivity contribution in [3.63, 3.8) is 0 Å². The molecule has 122 valence electrons. The van der Waals surface area contributed by atoms with E-state index in [2.05, 4.69) is 0 Å². The summed E-state index contributed by atoms with van der Waals surface area (Å²) < 4.78 is 0. The van der Waals surface area contributed by atoms with Crippen molar-refractivity contribution in [1.29, 1.82) is 0 Å². The van der Waals surface area contributed by atoms with Crippen LogP contribution in [0, 0.1) is 11.3 Å². The van der Waals surface area contributed by atoms with Gasteiger partial charge in [-0.25, -0.2) is 0 Å². The van der Waals surface area contributed by atoms with Crippen LogP contribution in [0.5, 0.6) is 0 Å². The Morgan fingerprint density at radius 3 is 1.50 bits per heavy atom. The maximum Gasteiger partial charge on any atom is 0.191 e. The zero-order valence-corrected chi connectivity index (χ0v) is 13.4. The molecule has 0 saturated heterocycles. The Morgan fingerprint density at radius 2 is 1.25 bits per heavy atom. The van der Waals surface area contributed by atoms with E-state index in [9.17, 15) is 10.2 Å². The van der Waals surface area contributed by atoms with Crippen LogP contribution in [-0.2, 0) is 0 Å². The zero-order chi connectivity index (χ0) is 15.6. The van der Waals surface area contributed by atoms with E-state index in [1.807, 2.05) is 20.8 Å². The molecule has 1 saturated carbocycles. The zero-order valence-electron chi connectivity index (χ0n) is 13.4. The van der Waals surface area contributed by atoms with Crippen molar-refractivity contribution < 1.29 is 20.4 Å². The number of aliphatic hydroxyl groups is 4. The maximum absolute atomic E-state index is 9.33. The van der Waals surface area contributed by atoms with Crippen molar-refractivity contribution in [2.24, 2.45) is 11.3 Å². The van der Waals surface area contributed by atoms with Gasteiger partial charge in [0.25, 0.3) is 0 Å². The summed E-state index contributed by atoms with van der Waals surface area (Å²) in [6, 6.07) is 0. The third-order valence-electron chi connectivity index (χ3n) is 3.85. The molecular weight excluding hydrogens is 256 g/mol. The van der Waals surface area contributed by atoms with Crippen LogP contribution in [0.3, 0.4) is 0 Å². The van der Waals surface area contributed by atoms with E-state index < -0.39 is 18.3 Å². The average molecular weight is 290 g/mol. The SMILES string of the molecule is C1CCCCC1.CC(C)(C)CCC(CO)C(O)(O)CO. The molecule has 1 fully saturated rings. The number of hydrogen-bond donors (Lipinski definition) is 4. The molecule has 0 amide bonds. The molecule has 1 aliphatic carbocycles. The van der Waals surface area contributed by atoms with E-state index in [0.717, 1.165) is 6.42 Å². The molecular formula is C16H34O4. The highest BCUT2D eigenvalue weighted by Crippen LogP contribution is 2.27. The van der Waals surface area contributed by atoms with Gasteiger partial charge in [0.05, 0.1) is 13.2 Å². The smallest absolute Gasteiger partial charge is 0.191 e. The summed E-state index contributed by atoms with van der Waals surface area (Å²) in [4.78, 5) is 0. The van der Waals surface area contributed by atoms with E-state index in [0.29, 0.717) is 6.42 Å². The van der Waals surface area contributed by atoms with Crippen molar-refractivity contribution in [3.8, 4) is 0 Å². The Balaban J connectivity index is 0.000000493. The molecule has 0 aromatic carbocycles. The number of hydrogen-bond acceptors (Lipinski definition) is 4. The summed E-state index contributed by atoms with van der Waals surface area (Å²) in [5, 5.41) is 36.3. The minimum atomic E-state index is -2.17. The Bertz CT molecular complexity index is 218. The Morgan fingerprint density at radius 1 is 0.850 bits per heavy atom. The van der Waals surface area contributed by atoms with E-state index in [4.69, 9.17) is 10.2 Å². The summed E-state index contributed by atoms with van der Waals surface area (Å²) in [6.45, 7) is 5.04. The van der Waals surface area contributed by atoms with Crippen LogP contribution >= 0.6 is 0 Å². The molecule has 4 N–H and O–H groups in total. The van der Waals surface area contributed by atoms with Gasteiger partial charge < -0.3 is 20.4 Å². The van der Waals surface area contributed by atoms with Gasteiger partial charge in [0.1, 0.15) is 0 Å². The van der Waals surface area contributed by atoms with Gasteiger partial charge in [-0.1, -0.05) is 59.3 Å². The first-order chi connectivity index (χ1) is 9.23. The van der Waals surface area contributed by atoms with Crippen LogP contribution in [-0.4, -0.2) is 39.4 Å². The Kier molecular flexibility index (Phi) is 9.64. The lowest BCUT2D eigenvalue weighted by Gasteiger charge is -2.30. The van der Waals surface area contributed by atoms with E-state index in [1.54, 1.807) is 0 Å². The van der Waals surface area contributed by atoms with Crippen LogP contribution in [0.4, 0.5) is 0 Å². The molecule has 20 heavy (non-hydrogen) atoms. The molecule has 1 unspecified atom stereocenters. The lowest BCUT2D eigenvalue weighted by atomic mass is 9.84. The Labute approximate surface area is 123 Å². The minimum absolute atomic E-state index is 0.0823. The van der Waals surface area contributed by atoms with Gasteiger partial charge in [-0.15, -0.1) is 0 Å². The predicted molar refractivity (Wildman–Crippen MR) is 81.2 cm³/mol. The summed E-state index contributed by atoms with van der Waals surface area (Å²) in [7, 11) is 0. The maximum atomic E-state index is 9.33. The first kappa shape index (κ1) is 19.8. The summed E-state index contributed by atoms with van der Waals surface area (Å²) in [6.07, 6.45) is 10.2. The number of rotatable bonds is 5. The summed E-state index contributed by atoms with van der Waals surface area (Å²) in [5.74, 6) is -2.85. The topological polar surface area (TPSA) is 80.9 Å². The van der Waals surface area contributed by atoms with Crippen molar-refractivity contribution >= 4 is 0 Å². The van der Waals surface area contributed by atoms with Crippen molar-refractivity contribution in [2.45, 2.75) is 77.9 Å². The second-order valence-corrected chi connectivity index (χ2v) is 7.14. The van der Waals surface area contributed by atoms with Gasteiger partial charge in [-0.3, -0.25) is 0 Å². The molecule has 0 heterocycles. The lowest BCUT2D eigenvalue weighted by molar-refractivity contribution is -0.231. The molecule has 0 bridgehead atoms. The minimum Gasteiger partial charge on any atom is -0.396 e. The molecule has 1 rings (SSSR count). The van der Waals surface area contributed by atoms with Crippen molar-refractivity contribution in [3.05, 3.63) is 0 Å². The van der Waals surface area contributed by atoms with Gasteiger partial charge in [0, 0.05) is 5.92 Å². The van der Waals surface area contributed by atoms with E-state index in [1.165, 1.54) is 38.5 Å². The van der Waals surface area contributed by atoms with E-state index >= 15 is 0 Å². The third-order valence-corrected chi connectivity index (χ3v) is 3.85. The van der Waals surface area contributed by atoms with Crippen LogP contribution < -0.4 is 0 Å². The lowest BCUT2D eigenvalue weighted by Crippen LogP contribution is -2.43. The summed E-state index contributed by atoms with van der Waals surface area (Å²) in [5.41, 5.74) is 0.0823. The monoisotopic (exact) mass is 290 g/mol. The van der Waals surface area contributed by atoms with Gasteiger partial charge in [-0.05, 0) is 18.3 Å². The molecule has 0 aromatic heterocycles. The highest BCUT2D eigenvalue weighted by atomic mass is 16.5. The first-order valence-corrected chi connectivity index (χ1v) is 7.89.